The molecule has 6 nitrogen and oxygen atoms in total. The zero-order valence-corrected chi connectivity index (χ0v) is 13.8. The molecule has 1 aromatic carbocycles. The molecule has 6 heteroatoms. The highest BCUT2D eigenvalue weighted by atomic mass is 16.5. The van der Waals surface area contributed by atoms with Crippen LogP contribution in [0, 0.1) is 0 Å². The average molecular weight is 331 g/mol. The van der Waals surface area contributed by atoms with Gasteiger partial charge in [-0.25, -0.2) is 4.98 Å². The summed E-state index contributed by atoms with van der Waals surface area (Å²) in [4.78, 5) is 15.3. The second kappa shape index (κ2) is 6.78. The van der Waals surface area contributed by atoms with E-state index in [1.165, 1.54) is 0 Å². The van der Waals surface area contributed by atoms with Gasteiger partial charge in [0.15, 0.2) is 5.76 Å². The van der Waals surface area contributed by atoms with E-state index >= 15 is 0 Å². The van der Waals surface area contributed by atoms with Crippen LogP contribution in [0.4, 0.5) is 0 Å². The lowest BCUT2D eigenvalue weighted by Crippen LogP contribution is -2.17. The van der Waals surface area contributed by atoms with Crippen LogP contribution in [0.3, 0.4) is 0 Å². The summed E-state index contributed by atoms with van der Waals surface area (Å²) in [5.74, 6) is 0.801. The normalized spacial score (nSPS) is 11.3. The van der Waals surface area contributed by atoms with E-state index in [0.717, 1.165) is 33.7 Å². The minimum atomic E-state index is 0.641. The number of fused-ring (bicyclic) bond motifs is 1. The van der Waals surface area contributed by atoms with Crippen molar-refractivity contribution in [3.8, 4) is 11.3 Å². The van der Waals surface area contributed by atoms with Gasteiger partial charge >= 0.3 is 0 Å². The second-order valence-electron chi connectivity index (χ2n) is 5.94. The van der Waals surface area contributed by atoms with Crippen LogP contribution in [-0.4, -0.2) is 32.1 Å². The van der Waals surface area contributed by atoms with E-state index in [-0.39, 0.29) is 0 Å². The van der Waals surface area contributed by atoms with Crippen LogP contribution in [0.5, 0.6) is 0 Å². The highest BCUT2D eigenvalue weighted by molar-refractivity contribution is 5.73. The summed E-state index contributed by atoms with van der Waals surface area (Å²) in [5.41, 5.74) is 4.48. The lowest BCUT2D eigenvalue weighted by Gasteiger charge is -2.14. The fourth-order valence-corrected chi connectivity index (χ4v) is 2.71. The van der Waals surface area contributed by atoms with Crippen LogP contribution in [0.25, 0.3) is 22.3 Å². The zero-order valence-electron chi connectivity index (χ0n) is 13.8. The fraction of sp³-hybridized carbons (Fsp3) is 0.158. The van der Waals surface area contributed by atoms with Crippen molar-refractivity contribution in [3.63, 3.8) is 0 Å². The number of hydrogen-bond donors (Lipinski definition) is 0. The largest absolute Gasteiger partial charge is 0.359 e. The number of hydrogen-bond acceptors (Lipinski definition) is 6. The molecule has 0 amide bonds. The van der Waals surface area contributed by atoms with Crippen LogP contribution in [-0.2, 0) is 13.1 Å². The fourth-order valence-electron chi connectivity index (χ4n) is 2.71. The number of rotatable bonds is 5. The summed E-state index contributed by atoms with van der Waals surface area (Å²) in [6, 6.07) is 13.7. The number of aromatic nitrogens is 4. The van der Waals surface area contributed by atoms with Gasteiger partial charge in [-0.05, 0) is 31.3 Å². The number of nitrogens with zero attached hydrogens (tertiary/aromatic N) is 5. The van der Waals surface area contributed by atoms with Crippen molar-refractivity contribution in [2.24, 2.45) is 0 Å². The summed E-state index contributed by atoms with van der Waals surface area (Å²) < 4.78 is 5.44. The molecule has 0 atom stereocenters. The van der Waals surface area contributed by atoms with E-state index in [0.29, 0.717) is 13.1 Å². The minimum absolute atomic E-state index is 0.641. The van der Waals surface area contributed by atoms with Crippen LogP contribution in [0.2, 0.25) is 0 Å². The first kappa shape index (κ1) is 15.4. The molecule has 124 valence electrons. The number of benzene rings is 1. The van der Waals surface area contributed by atoms with E-state index in [1.807, 2.05) is 55.7 Å². The highest BCUT2D eigenvalue weighted by Crippen LogP contribution is 2.19. The molecule has 4 rings (SSSR count). The maximum Gasteiger partial charge on any atom is 0.151 e. The Morgan fingerprint density at radius 3 is 2.72 bits per heavy atom. The Hall–Kier alpha value is -3.12. The molecule has 0 saturated heterocycles. The van der Waals surface area contributed by atoms with Gasteiger partial charge in [0, 0.05) is 30.6 Å². The van der Waals surface area contributed by atoms with Crippen LogP contribution in [0.15, 0.2) is 65.6 Å². The first-order chi connectivity index (χ1) is 12.3. The van der Waals surface area contributed by atoms with Crippen molar-refractivity contribution in [2.45, 2.75) is 13.1 Å². The van der Waals surface area contributed by atoms with Crippen LogP contribution >= 0.6 is 0 Å². The third kappa shape index (κ3) is 3.54. The molecule has 0 aliphatic rings. The summed E-state index contributed by atoms with van der Waals surface area (Å²) in [5, 5.41) is 4.12. The molecule has 3 heterocycles. The molecule has 0 radical (unpaired) electrons. The summed E-state index contributed by atoms with van der Waals surface area (Å²) in [6.07, 6.45) is 5.33. The van der Waals surface area contributed by atoms with Crippen LogP contribution < -0.4 is 0 Å². The van der Waals surface area contributed by atoms with Crippen molar-refractivity contribution < 1.29 is 4.52 Å². The van der Waals surface area contributed by atoms with Gasteiger partial charge in [-0.1, -0.05) is 17.3 Å². The monoisotopic (exact) mass is 331 g/mol. The summed E-state index contributed by atoms with van der Waals surface area (Å²) in [7, 11) is 2.02. The van der Waals surface area contributed by atoms with Gasteiger partial charge in [-0.2, -0.15) is 0 Å². The smallest absolute Gasteiger partial charge is 0.151 e. The molecule has 0 saturated carbocycles. The SMILES string of the molecule is CN(Cc1cnc2ccccc2n1)Cc1cc(-c2cccnc2)no1. The quantitative estimate of drug-likeness (QED) is 0.559. The van der Waals surface area contributed by atoms with E-state index in [4.69, 9.17) is 4.52 Å². The van der Waals surface area contributed by atoms with Gasteiger partial charge in [-0.15, -0.1) is 0 Å². The molecule has 4 aromatic rings. The second-order valence-corrected chi connectivity index (χ2v) is 5.94. The zero-order chi connectivity index (χ0) is 17.1. The predicted octanol–water partition coefficient (Wildman–Crippen LogP) is 3.31. The van der Waals surface area contributed by atoms with Gasteiger partial charge in [0.05, 0.1) is 29.5 Å². The minimum Gasteiger partial charge on any atom is -0.359 e. The number of para-hydroxylation sites is 2. The Kier molecular flexibility index (Phi) is 4.18. The van der Waals surface area contributed by atoms with Gasteiger partial charge in [-0.3, -0.25) is 14.9 Å². The van der Waals surface area contributed by atoms with Gasteiger partial charge in [0.1, 0.15) is 5.69 Å². The van der Waals surface area contributed by atoms with E-state index in [9.17, 15) is 0 Å². The first-order valence-electron chi connectivity index (χ1n) is 8.03. The summed E-state index contributed by atoms with van der Waals surface area (Å²) in [6.45, 7) is 1.32. The topological polar surface area (TPSA) is 67.9 Å². The highest BCUT2D eigenvalue weighted by Gasteiger charge is 2.10. The molecular formula is C19H17N5O. The van der Waals surface area contributed by atoms with Gasteiger partial charge < -0.3 is 4.52 Å². The Bertz CT molecular complexity index is 983. The molecular weight excluding hydrogens is 314 g/mol. The third-order valence-electron chi connectivity index (χ3n) is 3.87. The molecule has 0 unspecified atom stereocenters. The van der Waals surface area contributed by atoms with E-state index in [1.54, 1.807) is 12.4 Å². The van der Waals surface area contributed by atoms with Crippen molar-refractivity contribution in [1.82, 2.24) is 25.0 Å². The Morgan fingerprint density at radius 2 is 1.88 bits per heavy atom. The molecule has 0 bridgehead atoms. The Balaban J connectivity index is 1.45. The van der Waals surface area contributed by atoms with Gasteiger partial charge in [0.25, 0.3) is 0 Å². The maximum absolute atomic E-state index is 5.44. The molecule has 0 spiro atoms. The van der Waals surface area contributed by atoms with E-state index in [2.05, 4.69) is 25.0 Å². The third-order valence-corrected chi connectivity index (χ3v) is 3.87. The standard InChI is InChI=1S/C19H17N5O/c1-24(12-15-11-21-17-6-2-3-7-18(17)22-15)13-16-9-19(23-25-16)14-5-4-8-20-10-14/h2-11H,12-13H2,1H3. The van der Waals surface area contributed by atoms with Crippen molar-refractivity contribution in [1.29, 1.82) is 0 Å². The van der Waals surface area contributed by atoms with Gasteiger partial charge in [0.2, 0.25) is 0 Å². The first-order valence-corrected chi connectivity index (χ1v) is 8.03. The summed E-state index contributed by atoms with van der Waals surface area (Å²) >= 11 is 0. The maximum atomic E-state index is 5.44. The molecule has 25 heavy (non-hydrogen) atoms. The van der Waals surface area contributed by atoms with E-state index < -0.39 is 0 Å². The Labute approximate surface area is 145 Å². The van der Waals surface area contributed by atoms with Crippen molar-refractivity contribution >= 4 is 11.0 Å². The average Bonchev–Trinajstić information content (AvgIpc) is 3.10. The number of pyridine rings is 1. The molecule has 0 aliphatic carbocycles. The lowest BCUT2D eigenvalue weighted by atomic mass is 10.2. The molecule has 0 N–H and O–H groups in total. The van der Waals surface area contributed by atoms with Crippen molar-refractivity contribution in [3.05, 3.63) is 72.5 Å². The van der Waals surface area contributed by atoms with Crippen LogP contribution in [0.1, 0.15) is 11.5 Å². The molecule has 0 fully saturated rings. The molecule has 3 aromatic heterocycles. The lowest BCUT2D eigenvalue weighted by molar-refractivity contribution is 0.264. The molecule has 0 aliphatic heterocycles. The Morgan fingerprint density at radius 1 is 1.00 bits per heavy atom. The van der Waals surface area contributed by atoms with Crippen molar-refractivity contribution in [2.75, 3.05) is 7.05 Å². The predicted molar refractivity (Wildman–Crippen MR) is 94.4 cm³/mol.